The van der Waals surface area contributed by atoms with Gasteiger partial charge in [0, 0.05) is 32.1 Å². The van der Waals surface area contributed by atoms with Gasteiger partial charge < -0.3 is 9.80 Å². The van der Waals surface area contributed by atoms with E-state index >= 15 is 0 Å². The second-order valence-corrected chi connectivity index (χ2v) is 7.46. The number of carbonyl (C=O) groups is 1. The first-order valence-electron chi connectivity index (χ1n) is 9.59. The van der Waals surface area contributed by atoms with Gasteiger partial charge in [-0.3, -0.25) is 4.79 Å². The summed E-state index contributed by atoms with van der Waals surface area (Å²) >= 11 is 0. The summed E-state index contributed by atoms with van der Waals surface area (Å²) in [6.45, 7) is 4.69. The summed E-state index contributed by atoms with van der Waals surface area (Å²) in [5.74, 6) is 1.81. The van der Waals surface area contributed by atoms with Crippen LogP contribution in [-0.2, 0) is 11.2 Å². The third-order valence-electron chi connectivity index (χ3n) is 5.74. The lowest BCUT2D eigenvalue weighted by Crippen LogP contribution is -2.56. The van der Waals surface area contributed by atoms with Gasteiger partial charge in [-0.25, -0.2) is 0 Å². The van der Waals surface area contributed by atoms with E-state index < -0.39 is 0 Å². The highest BCUT2D eigenvalue weighted by Crippen LogP contribution is 2.32. The van der Waals surface area contributed by atoms with Crippen LogP contribution >= 0.6 is 0 Å². The fourth-order valence-electron chi connectivity index (χ4n) is 4.30. The largest absolute Gasteiger partial charge is 0.355 e. The van der Waals surface area contributed by atoms with E-state index in [-0.39, 0.29) is 0 Å². The van der Waals surface area contributed by atoms with Gasteiger partial charge in [0.25, 0.3) is 0 Å². The van der Waals surface area contributed by atoms with Gasteiger partial charge in [-0.15, -0.1) is 5.10 Å². The maximum absolute atomic E-state index is 12.5. The van der Waals surface area contributed by atoms with E-state index in [1.165, 1.54) is 5.56 Å². The number of piperidine rings is 2. The van der Waals surface area contributed by atoms with Crippen molar-refractivity contribution in [1.29, 1.82) is 0 Å². The van der Waals surface area contributed by atoms with Crippen LogP contribution in [0.15, 0.2) is 42.5 Å². The number of fused-ring (bicyclic) bond motifs is 1. The first-order valence-corrected chi connectivity index (χ1v) is 9.59. The highest BCUT2D eigenvalue weighted by Gasteiger charge is 2.39. The number of hydrogen-bond donors (Lipinski definition) is 0. The van der Waals surface area contributed by atoms with Crippen molar-refractivity contribution in [2.24, 2.45) is 5.92 Å². The molecule has 0 aliphatic carbocycles. The predicted molar refractivity (Wildman–Crippen MR) is 102 cm³/mol. The van der Waals surface area contributed by atoms with E-state index in [0.29, 0.717) is 24.3 Å². The Morgan fingerprint density at radius 1 is 1.08 bits per heavy atom. The van der Waals surface area contributed by atoms with Crippen molar-refractivity contribution in [2.45, 2.75) is 38.6 Å². The third kappa shape index (κ3) is 3.57. The van der Waals surface area contributed by atoms with Crippen molar-refractivity contribution in [2.75, 3.05) is 24.5 Å². The van der Waals surface area contributed by atoms with Crippen LogP contribution in [0, 0.1) is 12.8 Å². The molecule has 0 spiro atoms. The number of hydrogen-bond acceptors (Lipinski definition) is 4. The zero-order chi connectivity index (χ0) is 17.9. The van der Waals surface area contributed by atoms with Crippen molar-refractivity contribution in [1.82, 2.24) is 15.1 Å². The number of carbonyl (C=O) groups excluding carboxylic acids is 1. The standard InChI is InChI=1S/C21H26N4O/c1-16-7-9-20(23-22-16)24-13-12-19-18(15-24)8-10-21(26)25(19)14-11-17-5-3-2-4-6-17/h2-7,9,18-19H,8,10-15H2,1H3/t18-,19+/m0/s1. The van der Waals surface area contributed by atoms with Crippen LogP contribution < -0.4 is 4.90 Å². The molecule has 2 aliphatic rings. The van der Waals surface area contributed by atoms with Gasteiger partial charge in [-0.2, -0.15) is 5.10 Å². The Morgan fingerprint density at radius 3 is 2.69 bits per heavy atom. The van der Waals surface area contributed by atoms with E-state index in [9.17, 15) is 4.79 Å². The Morgan fingerprint density at radius 2 is 1.92 bits per heavy atom. The Labute approximate surface area is 155 Å². The maximum atomic E-state index is 12.5. The van der Waals surface area contributed by atoms with E-state index in [1.807, 2.05) is 19.1 Å². The smallest absolute Gasteiger partial charge is 0.222 e. The average molecular weight is 350 g/mol. The van der Waals surface area contributed by atoms with Crippen molar-refractivity contribution >= 4 is 11.7 Å². The molecule has 0 saturated carbocycles. The van der Waals surface area contributed by atoms with Crippen LogP contribution in [0.25, 0.3) is 0 Å². The molecule has 1 amide bonds. The van der Waals surface area contributed by atoms with E-state index in [1.54, 1.807) is 0 Å². The Hall–Kier alpha value is -2.43. The van der Waals surface area contributed by atoms with Crippen LogP contribution in [0.3, 0.4) is 0 Å². The molecule has 136 valence electrons. The van der Waals surface area contributed by atoms with E-state index in [2.05, 4.69) is 50.3 Å². The molecule has 2 aromatic rings. The van der Waals surface area contributed by atoms with Crippen LogP contribution in [-0.4, -0.2) is 46.7 Å². The molecule has 0 N–H and O–H groups in total. The minimum absolute atomic E-state index is 0.325. The molecule has 0 unspecified atom stereocenters. The van der Waals surface area contributed by atoms with Crippen LogP contribution in [0.2, 0.25) is 0 Å². The summed E-state index contributed by atoms with van der Waals surface area (Å²) < 4.78 is 0. The molecule has 1 aromatic carbocycles. The maximum Gasteiger partial charge on any atom is 0.222 e. The fraction of sp³-hybridized carbons (Fsp3) is 0.476. The predicted octanol–water partition coefficient (Wildman–Crippen LogP) is 2.85. The Bertz CT molecular complexity index is 746. The first kappa shape index (κ1) is 17.0. The highest BCUT2D eigenvalue weighted by atomic mass is 16.2. The zero-order valence-corrected chi connectivity index (χ0v) is 15.3. The second kappa shape index (κ2) is 7.44. The van der Waals surface area contributed by atoms with Gasteiger partial charge in [0.2, 0.25) is 5.91 Å². The average Bonchev–Trinajstić information content (AvgIpc) is 2.68. The SMILES string of the molecule is Cc1ccc(N2CC[C@@H]3[C@@H](CCC(=O)N3CCc3ccccc3)C2)nn1. The summed E-state index contributed by atoms with van der Waals surface area (Å²) in [5, 5.41) is 8.54. The lowest BCUT2D eigenvalue weighted by molar-refractivity contribution is -0.139. The molecule has 5 heteroatoms. The number of likely N-dealkylation sites (tertiary alicyclic amines) is 1. The van der Waals surface area contributed by atoms with E-state index in [4.69, 9.17) is 0 Å². The van der Waals surface area contributed by atoms with Crippen molar-refractivity contribution in [3.63, 3.8) is 0 Å². The van der Waals surface area contributed by atoms with Crippen molar-refractivity contribution < 1.29 is 4.79 Å². The molecule has 26 heavy (non-hydrogen) atoms. The number of aryl methyl sites for hydroxylation is 1. The summed E-state index contributed by atoms with van der Waals surface area (Å²) in [7, 11) is 0. The molecular weight excluding hydrogens is 324 g/mol. The lowest BCUT2D eigenvalue weighted by Gasteiger charge is -2.47. The molecule has 3 heterocycles. The number of aromatic nitrogens is 2. The topological polar surface area (TPSA) is 49.3 Å². The minimum atomic E-state index is 0.325. The highest BCUT2D eigenvalue weighted by molar-refractivity contribution is 5.77. The summed E-state index contributed by atoms with van der Waals surface area (Å²) in [6, 6.07) is 14.9. The zero-order valence-electron chi connectivity index (χ0n) is 15.3. The van der Waals surface area contributed by atoms with E-state index in [0.717, 1.165) is 50.4 Å². The third-order valence-corrected chi connectivity index (χ3v) is 5.74. The van der Waals surface area contributed by atoms with Crippen LogP contribution in [0.1, 0.15) is 30.5 Å². The summed E-state index contributed by atoms with van der Waals surface area (Å²) in [6.07, 6.45) is 3.61. The number of benzene rings is 1. The van der Waals surface area contributed by atoms with Crippen molar-refractivity contribution in [3.8, 4) is 0 Å². The number of nitrogens with zero attached hydrogens (tertiary/aromatic N) is 4. The van der Waals surface area contributed by atoms with Gasteiger partial charge in [0.1, 0.15) is 0 Å². The summed E-state index contributed by atoms with van der Waals surface area (Å²) in [5.41, 5.74) is 2.24. The molecule has 2 aliphatic heterocycles. The molecule has 5 nitrogen and oxygen atoms in total. The molecule has 2 saturated heterocycles. The molecule has 4 rings (SSSR count). The summed E-state index contributed by atoms with van der Waals surface area (Å²) in [4.78, 5) is 17.0. The molecule has 0 radical (unpaired) electrons. The lowest BCUT2D eigenvalue weighted by atomic mass is 9.83. The first-order chi connectivity index (χ1) is 12.7. The van der Waals surface area contributed by atoms with Gasteiger partial charge in [0.15, 0.2) is 5.82 Å². The van der Waals surface area contributed by atoms with Crippen LogP contribution in [0.5, 0.6) is 0 Å². The number of amides is 1. The number of rotatable bonds is 4. The Balaban J connectivity index is 1.42. The number of anilines is 1. The van der Waals surface area contributed by atoms with Gasteiger partial charge in [0.05, 0.1) is 5.69 Å². The molecule has 0 bridgehead atoms. The quantitative estimate of drug-likeness (QED) is 0.851. The van der Waals surface area contributed by atoms with Gasteiger partial charge >= 0.3 is 0 Å². The molecule has 2 fully saturated rings. The fourth-order valence-corrected chi connectivity index (χ4v) is 4.30. The monoisotopic (exact) mass is 350 g/mol. The van der Waals surface area contributed by atoms with Gasteiger partial charge in [-0.1, -0.05) is 30.3 Å². The normalized spacial score (nSPS) is 23.0. The van der Waals surface area contributed by atoms with Gasteiger partial charge in [-0.05, 0) is 49.8 Å². The minimum Gasteiger partial charge on any atom is -0.355 e. The second-order valence-electron chi connectivity index (χ2n) is 7.46. The molecule has 1 aromatic heterocycles. The van der Waals surface area contributed by atoms with Crippen molar-refractivity contribution in [3.05, 3.63) is 53.7 Å². The van der Waals surface area contributed by atoms with Crippen LogP contribution in [0.4, 0.5) is 5.82 Å². The Kier molecular flexibility index (Phi) is 4.87. The molecular formula is C21H26N4O. The molecule has 2 atom stereocenters.